The van der Waals surface area contributed by atoms with Gasteiger partial charge in [0.05, 0.1) is 17.5 Å². The number of nitrogens with one attached hydrogen (secondary N) is 3. The van der Waals surface area contributed by atoms with E-state index in [1.54, 1.807) is 18.3 Å². The number of hydrogen-bond acceptors (Lipinski definition) is 5. The van der Waals surface area contributed by atoms with Crippen molar-refractivity contribution in [2.24, 2.45) is 0 Å². The Morgan fingerprint density at radius 3 is 2.52 bits per heavy atom. The monoisotopic (exact) mass is 412 g/mol. The average molecular weight is 412 g/mol. The van der Waals surface area contributed by atoms with Gasteiger partial charge in [-0.3, -0.25) is 9.89 Å². The molecule has 0 atom stereocenters. The molecule has 8 heteroatoms. The number of halogens is 1. The number of benzene rings is 1. The lowest BCUT2D eigenvalue weighted by Crippen LogP contribution is -2.60. The number of thiophene rings is 1. The van der Waals surface area contributed by atoms with Crippen molar-refractivity contribution in [2.45, 2.75) is 43.9 Å². The lowest BCUT2D eigenvalue weighted by atomic mass is 9.74. The maximum Gasteiger partial charge on any atom is 0.265 e. The summed E-state index contributed by atoms with van der Waals surface area (Å²) in [5, 5.41) is 24.7. The molecule has 0 saturated heterocycles. The predicted molar refractivity (Wildman–Crippen MR) is 109 cm³/mol. The summed E-state index contributed by atoms with van der Waals surface area (Å²) in [6, 6.07) is 8.01. The van der Waals surface area contributed by atoms with Crippen molar-refractivity contribution in [1.29, 1.82) is 0 Å². The molecule has 29 heavy (non-hydrogen) atoms. The summed E-state index contributed by atoms with van der Waals surface area (Å²) in [7, 11) is 0. The maximum absolute atomic E-state index is 13.2. The first-order valence-corrected chi connectivity index (χ1v) is 10.4. The fourth-order valence-electron chi connectivity index (χ4n) is 4.34. The number of aliphatic hydroxyl groups is 1. The molecule has 1 saturated carbocycles. The first kappa shape index (κ1) is 18.3. The normalized spacial score (nSPS) is 26.1. The third-order valence-electron chi connectivity index (χ3n) is 6.07. The van der Waals surface area contributed by atoms with Crippen LogP contribution in [0.1, 0.15) is 46.6 Å². The van der Waals surface area contributed by atoms with Gasteiger partial charge in [0.25, 0.3) is 5.91 Å². The second kappa shape index (κ2) is 6.40. The van der Waals surface area contributed by atoms with Crippen molar-refractivity contribution in [3.63, 3.8) is 0 Å². The smallest absolute Gasteiger partial charge is 0.265 e. The minimum Gasteiger partial charge on any atom is -0.385 e. The van der Waals surface area contributed by atoms with E-state index in [1.807, 2.05) is 13.0 Å². The third-order valence-corrected chi connectivity index (χ3v) is 7.24. The van der Waals surface area contributed by atoms with Crippen LogP contribution in [0.4, 0.5) is 10.1 Å². The molecule has 2 aliphatic rings. The van der Waals surface area contributed by atoms with Gasteiger partial charge < -0.3 is 15.7 Å². The van der Waals surface area contributed by atoms with E-state index in [-0.39, 0.29) is 11.7 Å². The number of carbonyl (C=O) groups excluding carboxylic acids is 1. The minimum atomic E-state index is -1.01. The maximum atomic E-state index is 13.2. The third kappa shape index (κ3) is 3.03. The molecule has 0 bridgehead atoms. The molecule has 2 aromatic heterocycles. The average Bonchev–Trinajstić information content (AvgIpc) is 3.31. The zero-order valence-electron chi connectivity index (χ0n) is 15.9. The first-order valence-electron chi connectivity index (χ1n) is 9.61. The Labute approximate surface area is 171 Å². The van der Waals surface area contributed by atoms with Crippen LogP contribution in [-0.4, -0.2) is 26.9 Å². The van der Waals surface area contributed by atoms with Crippen LogP contribution in [0.2, 0.25) is 0 Å². The number of aryl methyl sites for hydroxylation is 1. The molecule has 1 aliphatic heterocycles. The topological polar surface area (TPSA) is 90.0 Å². The van der Waals surface area contributed by atoms with Gasteiger partial charge in [0.1, 0.15) is 16.4 Å². The first-order chi connectivity index (χ1) is 13.9. The second-order valence-corrected chi connectivity index (χ2v) is 9.01. The molecule has 1 fully saturated rings. The Bertz CT molecular complexity index is 1080. The number of aromatic nitrogens is 2. The van der Waals surface area contributed by atoms with Crippen LogP contribution < -0.4 is 10.6 Å². The van der Waals surface area contributed by atoms with Gasteiger partial charge in [-0.25, -0.2) is 4.39 Å². The minimum absolute atomic E-state index is 0.0941. The van der Waals surface area contributed by atoms with Crippen LogP contribution in [0.15, 0.2) is 36.5 Å². The van der Waals surface area contributed by atoms with Crippen molar-refractivity contribution < 1.29 is 14.3 Å². The number of hydrogen-bond donors (Lipinski definition) is 4. The fourth-order valence-corrected chi connectivity index (χ4v) is 5.41. The summed E-state index contributed by atoms with van der Waals surface area (Å²) in [6.45, 7) is 1.95. The lowest BCUT2D eigenvalue weighted by molar-refractivity contribution is -0.0213. The molecule has 1 aromatic carbocycles. The molecule has 1 aliphatic carbocycles. The molecule has 0 radical (unpaired) electrons. The van der Waals surface area contributed by atoms with Crippen LogP contribution in [0.25, 0.3) is 10.4 Å². The number of H-pyrrole nitrogens is 1. The van der Waals surface area contributed by atoms with Gasteiger partial charge in [0.2, 0.25) is 0 Å². The predicted octanol–water partition coefficient (Wildman–Crippen LogP) is 3.90. The summed E-state index contributed by atoms with van der Waals surface area (Å²) < 4.78 is 13.2. The SMILES string of the molecule is Cc1[nH]ncc1-c1cc2c(s1)C(=O)N[C@]1(CC[C@@](O)(c3ccc(F)cc3)CC1)N2. The quantitative estimate of drug-likeness (QED) is 0.514. The van der Waals surface area contributed by atoms with E-state index in [1.165, 1.54) is 23.5 Å². The highest BCUT2D eigenvalue weighted by Crippen LogP contribution is 2.45. The largest absolute Gasteiger partial charge is 0.385 e. The molecule has 150 valence electrons. The number of rotatable bonds is 2. The van der Waals surface area contributed by atoms with Crippen LogP contribution >= 0.6 is 11.3 Å². The van der Waals surface area contributed by atoms with Gasteiger partial charge >= 0.3 is 0 Å². The van der Waals surface area contributed by atoms with Gasteiger partial charge in [-0.2, -0.15) is 5.10 Å². The van der Waals surface area contributed by atoms with Crippen LogP contribution in [-0.2, 0) is 5.60 Å². The zero-order valence-corrected chi connectivity index (χ0v) is 16.7. The standard InChI is InChI=1S/C21H21FN4O2S/c1-12-15(11-23-26-12)17-10-16-18(29-17)19(27)25-21(24-16)8-6-20(28,7-9-21)13-2-4-14(22)5-3-13/h2-5,10-11,24,28H,6-9H2,1H3,(H,23,26)(H,25,27)/t20-,21-. The molecule has 6 nitrogen and oxygen atoms in total. The Morgan fingerprint density at radius 2 is 1.86 bits per heavy atom. The second-order valence-electron chi connectivity index (χ2n) is 7.96. The van der Waals surface area contributed by atoms with Crippen molar-refractivity contribution in [2.75, 3.05) is 5.32 Å². The highest BCUT2D eigenvalue weighted by molar-refractivity contribution is 7.18. The van der Waals surface area contributed by atoms with Gasteiger partial charge in [-0.15, -0.1) is 11.3 Å². The van der Waals surface area contributed by atoms with E-state index in [0.717, 1.165) is 21.8 Å². The number of aromatic amines is 1. The number of fused-ring (bicyclic) bond motifs is 1. The van der Waals surface area contributed by atoms with E-state index in [2.05, 4.69) is 20.8 Å². The molecule has 4 N–H and O–H groups in total. The number of amides is 1. The van der Waals surface area contributed by atoms with Crippen molar-refractivity contribution in [1.82, 2.24) is 15.5 Å². The van der Waals surface area contributed by atoms with Crippen LogP contribution in [0.5, 0.6) is 0 Å². The van der Waals surface area contributed by atoms with Crippen molar-refractivity contribution in [3.05, 3.63) is 58.5 Å². The van der Waals surface area contributed by atoms with Crippen LogP contribution in [0.3, 0.4) is 0 Å². The number of carbonyl (C=O) groups is 1. The highest BCUT2D eigenvalue weighted by atomic mass is 32.1. The Balaban J connectivity index is 1.39. The van der Waals surface area contributed by atoms with E-state index >= 15 is 0 Å². The molecule has 0 unspecified atom stereocenters. The summed E-state index contributed by atoms with van der Waals surface area (Å²) in [4.78, 5) is 14.5. The lowest BCUT2D eigenvalue weighted by Gasteiger charge is -2.47. The van der Waals surface area contributed by atoms with Crippen molar-refractivity contribution in [3.8, 4) is 10.4 Å². The Morgan fingerprint density at radius 1 is 1.14 bits per heavy atom. The fraction of sp³-hybridized carbons (Fsp3) is 0.333. The molecular weight excluding hydrogens is 391 g/mol. The van der Waals surface area contributed by atoms with E-state index in [0.29, 0.717) is 36.1 Å². The highest BCUT2D eigenvalue weighted by Gasteiger charge is 2.46. The van der Waals surface area contributed by atoms with Crippen LogP contribution in [0, 0.1) is 12.7 Å². The van der Waals surface area contributed by atoms with E-state index in [4.69, 9.17) is 0 Å². The number of nitrogens with zero attached hydrogens (tertiary/aromatic N) is 1. The molecule has 5 rings (SSSR count). The van der Waals surface area contributed by atoms with Gasteiger partial charge in [-0.05, 0) is 56.4 Å². The van der Waals surface area contributed by atoms with Gasteiger partial charge in [-0.1, -0.05) is 12.1 Å². The molecule has 3 aromatic rings. The van der Waals surface area contributed by atoms with E-state index < -0.39 is 11.3 Å². The Kier molecular flexibility index (Phi) is 4.04. The zero-order chi connectivity index (χ0) is 20.2. The summed E-state index contributed by atoms with van der Waals surface area (Å²) in [5.74, 6) is -0.414. The van der Waals surface area contributed by atoms with E-state index in [9.17, 15) is 14.3 Å². The van der Waals surface area contributed by atoms with Gasteiger partial charge in [0.15, 0.2) is 0 Å². The van der Waals surface area contributed by atoms with Gasteiger partial charge in [0, 0.05) is 16.1 Å². The van der Waals surface area contributed by atoms with Crippen molar-refractivity contribution >= 4 is 22.9 Å². The molecule has 1 amide bonds. The molecular formula is C21H21FN4O2S. The summed E-state index contributed by atoms with van der Waals surface area (Å²) in [6.07, 6.45) is 3.85. The Hall–Kier alpha value is -2.71. The number of anilines is 1. The summed E-state index contributed by atoms with van der Waals surface area (Å²) >= 11 is 1.44. The molecule has 1 spiro atoms. The summed E-state index contributed by atoms with van der Waals surface area (Å²) in [5.41, 5.74) is 1.88. The molecule has 3 heterocycles.